The molecule has 0 saturated carbocycles. The van der Waals surface area contributed by atoms with Crippen molar-refractivity contribution >= 4 is 30.7 Å². The van der Waals surface area contributed by atoms with Crippen LogP contribution in [0.2, 0.25) is 0 Å². The second-order valence-corrected chi connectivity index (χ2v) is 5.36. The van der Waals surface area contributed by atoms with Gasteiger partial charge in [-0.2, -0.15) is 0 Å². The predicted molar refractivity (Wildman–Crippen MR) is 85.5 cm³/mol. The van der Waals surface area contributed by atoms with Crippen LogP contribution in [0.3, 0.4) is 0 Å². The van der Waals surface area contributed by atoms with Gasteiger partial charge in [0.2, 0.25) is 5.91 Å². The molecule has 1 aliphatic rings. The molecule has 1 unspecified atom stereocenters. The van der Waals surface area contributed by atoms with E-state index >= 15 is 0 Å². The maximum Gasteiger partial charge on any atom is 0.234 e. The number of hydrogen-bond acceptors (Lipinski definition) is 3. The molecular formula is C13H29Cl2N3O. The van der Waals surface area contributed by atoms with Crippen LogP contribution < -0.4 is 10.6 Å². The minimum atomic E-state index is 0. The summed E-state index contributed by atoms with van der Waals surface area (Å²) in [5.41, 5.74) is 0. The van der Waals surface area contributed by atoms with Crippen LogP contribution in [0.1, 0.15) is 33.1 Å². The number of hydrogen-bond donors (Lipinski definition) is 2. The van der Waals surface area contributed by atoms with E-state index in [1.165, 1.54) is 12.8 Å². The zero-order valence-corrected chi connectivity index (χ0v) is 13.9. The fraction of sp³-hybridized carbons (Fsp3) is 0.923. The van der Waals surface area contributed by atoms with E-state index in [4.69, 9.17) is 0 Å². The second kappa shape index (κ2) is 11.8. The first-order chi connectivity index (χ1) is 8.09. The van der Waals surface area contributed by atoms with Crippen molar-refractivity contribution in [1.82, 2.24) is 15.5 Å². The fourth-order valence-corrected chi connectivity index (χ4v) is 2.05. The van der Waals surface area contributed by atoms with Crippen LogP contribution in [0.25, 0.3) is 0 Å². The van der Waals surface area contributed by atoms with Gasteiger partial charge in [0, 0.05) is 12.6 Å². The van der Waals surface area contributed by atoms with Gasteiger partial charge in [-0.1, -0.05) is 0 Å². The minimum Gasteiger partial charge on any atom is -0.355 e. The highest BCUT2D eigenvalue weighted by Crippen LogP contribution is 2.12. The Kier molecular flexibility index (Phi) is 13.2. The molecule has 0 aromatic carbocycles. The summed E-state index contributed by atoms with van der Waals surface area (Å²) in [6.45, 7) is 7.78. The molecular weight excluding hydrogens is 285 g/mol. The van der Waals surface area contributed by atoms with Crippen LogP contribution in [0, 0.1) is 5.92 Å². The van der Waals surface area contributed by atoms with Crippen LogP contribution in [-0.2, 0) is 4.79 Å². The Morgan fingerprint density at radius 3 is 2.63 bits per heavy atom. The number of nitrogens with one attached hydrogen (secondary N) is 2. The quantitative estimate of drug-likeness (QED) is 0.784. The molecule has 0 aliphatic carbocycles. The van der Waals surface area contributed by atoms with E-state index in [0.29, 0.717) is 12.6 Å². The summed E-state index contributed by atoms with van der Waals surface area (Å²) in [5, 5.41) is 6.41. The Balaban J connectivity index is 0. The summed E-state index contributed by atoms with van der Waals surface area (Å²) in [7, 11) is 1.98. The number of halogens is 2. The van der Waals surface area contributed by atoms with Crippen molar-refractivity contribution in [1.29, 1.82) is 0 Å². The monoisotopic (exact) mass is 313 g/mol. The Bertz CT molecular complexity index is 234. The lowest BCUT2D eigenvalue weighted by atomic mass is 9.96. The summed E-state index contributed by atoms with van der Waals surface area (Å²) >= 11 is 0. The Labute approximate surface area is 129 Å². The zero-order chi connectivity index (χ0) is 12.7. The van der Waals surface area contributed by atoms with E-state index in [0.717, 1.165) is 32.0 Å². The molecule has 0 aromatic rings. The normalized spacial score (nSPS) is 18.7. The largest absolute Gasteiger partial charge is 0.355 e. The van der Waals surface area contributed by atoms with Gasteiger partial charge in [0.05, 0.1) is 6.54 Å². The molecule has 0 bridgehead atoms. The molecule has 1 heterocycles. The number of carbonyl (C=O) groups excluding carboxylic acids is 1. The van der Waals surface area contributed by atoms with Crippen LogP contribution in [0.5, 0.6) is 0 Å². The molecule has 1 amide bonds. The highest BCUT2D eigenvalue weighted by atomic mass is 35.5. The van der Waals surface area contributed by atoms with E-state index in [2.05, 4.69) is 29.4 Å². The van der Waals surface area contributed by atoms with Crippen LogP contribution in [-0.4, -0.2) is 50.1 Å². The molecule has 19 heavy (non-hydrogen) atoms. The summed E-state index contributed by atoms with van der Waals surface area (Å²) in [6.07, 6.45) is 3.67. The molecule has 6 heteroatoms. The van der Waals surface area contributed by atoms with Crippen molar-refractivity contribution in [2.45, 2.75) is 39.2 Å². The molecule has 0 aromatic heterocycles. The van der Waals surface area contributed by atoms with Crippen molar-refractivity contribution in [2.24, 2.45) is 5.92 Å². The van der Waals surface area contributed by atoms with Crippen molar-refractivity contribution in [2.75, 3.05) is 33.2 Å². The van der Waals surface area contributed by atoms with Gasteiger partial charge >= 0.3 is 0 Å². The Morgan fingerprint density at radius 2 is 2.11 bits per heavy atom. The maximum absolute atomic E-state index is 11.6. The summed E-state index contributed by atoms with van der Waals surface area (Å²) in [5.74, 6) is 0.886. The predicted octanol–water partition coefficient (Wildman–Crippen LogP) is 1.68. The van der Waals surface area contributed by atoms with Crippen molar-refractivity contribution in [3.05, 3.63) is 0 Å². The fourth-order valence-electron chi connectivity index (χ4n) is 2.05. The van der Waals surface area contributed by atoms with E-state index < -0.39 is 0 Å². The average Bonchev–Trinajstić information content (AvgIpc) is 2.30. The van der Waals surface area contributed by atoms with Crippen molar-refractivity contribution < 1.29 is 4.79 Å². The first kappa shape index (κ1) is 21.3. The number of piperidine rings is 1. The van der Waals surface area contributed by atoms with Gasteiger partial charge in [-0.15, -0.1) is 24.8 Å². The number of nitrogens with zero attached hydrogens (tertiary/aromatic N) is 1. The van der Waals surface area contributed by atoms with E-state index in [-0.39, 0.29) is 30.7 Å². The van der Waals surface area contributed by atoms with E-state index in [9.17, 15) is 4.79 Å². The maximum atomic E-state index is 11.6. The number of rotatable bonds is 6. The highest BCUT2D eigenvalue weighted by Gasteiger charge is 2.13. The molecule has 1 rings (SSSR count). The smallest absolute Gasteiger partial charge is 0.234 e. The molecule has 4 nitrogen and oxygen atoms in total. The average molecular weight is 314 g/mol. The number of likely N-dealkylation sites (N-methyl/N-ethyl adjacent to an activating group) is 1. The first-order valence-electron chi connectivity index (χ1n) is 6.77. The van der Waals surface area contributed by atoms with Gasteiger partial charge < -0.3 is 10.6 Å². The zero-order valence-electron chi connectivity index (χ0n) is 12.3. The number of carbonyl (C=O) groups is 1. The molecule has 0 radical (unpaired) electrons. The van der Waals surface area contributed by atoms with E-state index in [1.54, 1.807) is 0 Å². The summed E-state index contributed by atoms with van der Waals surface area (Å²) < 4.78 is 0. The lowest BCUT2D eigenvalue weighted by Crippen LogP contribution is -2.39. The molecule has 1 saturated heterocycles. The van der Waals surface area contributed by atoms with Crippen molar-refractivity contribution in [3.8, 4) is 0 Å². The molecule has 1 fully saturated rings. The molecule has 1 aliphatic heterocycles. The van der Waals surface area contributed by atoms with Crippen LogP contribution >= 0.6 is 24.8 Å². The summed E-state index contributed by atoms with van der Waals surface area (Å²) in [6, 6.07) is 0.420. The Morgan fingerprint density at radius 1 is 1.42 bits per heavy atom. The van der Waals surface area contributed by atoms with Crippen molar-refractivity contribution in [3.63, 3.8) is 0 Å². The third-order valence-electron chi connectivity index (χ3n) is 3.55. The van der Waals surface area contributed by atoms with Gasteiger partial charge in [-0.05, 0) is 59.2 Å². The third kappa shape index (κ3) is 9.50. The lowest BCUT2D eigenvalue weighted by Gasteiger charge is -2.23. The van der Waals surface area contributed by atoms with Gasteiger partial charge in [-0.25, -0.2) is 0 Å². The standard InChI is InChI=1S/C13H27N3O.2ClH/c1-11(2)16(3)10-13(17)15-8-6-12-5-4-7-14-9-12;;/h11-12,14H,4-10H2,1-3H3,(H,15,17);2*1H. The number of amides is 1. The van der Waals surface area contributed by atoms with Crippen LogP contribution in [0.15, 0.2) is 0 Å². The molecule has 1 atom stereocenters. The minimum absolute atomic E-state index is 0. The van der Waals surface area contributed by atoms with E-state index in [1.807, 2.05) is 7.05 Å². The third-order valence-corrected chi connectivity index (χ3v) is 3.55. The van der Waals surface area contributed by atoms with Gasteiger partial charge in [0.15, 0.2) is 0 Å². The van der Waals surface area contributed by atoms with Gasteiger partial charge in [-0.3, -0.25) is 9.69 Å². The highest BCUT2D eigenvalue weighted by molar-refractivity contribution is 5.85. The van der Waals surface area contributed by atoms with Crippen LogP contribution in [0.4, 0.5) is 0 Å². The van der Waals surface area contributed by atoms with Gasteiger partial charge in [0.1, 0.15) is 0 Å². The Hall–Kier alpha value is -0.0300. The first-order valence-corrected chi connectivity index (χ1v) is 6.77. The topological polar surface area (TPSA) is 44.4 Å². The SMILES string of the molecule is CC(C)N(C)CC(=O)NCCC1CCCNC1.Cl.Cl. The lowest BCUT2D eigenvalue weighted by molar-refractivity contribution is -0.122. The molecule has 0 spiro atoms. The molecule has 116 valence electrons. The molecule has 2 N–H and O–H groups in total. The van der Waals surface area contributed by atoms with Gasteiger partial charge in [0.25, 0.3) is 0 Å². The second-order valence-electron chi connectivity index (χ2n) is 5.36. The summed E-state index contributed by atoms with van der Waals surface area (Å²) in [4.78, 5) is 13.7.